The van der Waals surface area contributed by atoms with Crippen molar-refractivity contribution in [2.45, 2.75) is 18.4 Å². The minimum Gasteiger partial charge on any atom is -0.367 e. The lowest BCUT2D eigenvalue weighted by molar-refractivity contribution is -0.0597. The normalized spacial score (nSPS) is 21.1. The van der Waals surface area contributed by atoms with E-state index in [9.17, 15) is 4.79 Å². The number of hydrogen-bond acceptors (Lipinski definition) is 6. The molecule has 3 aromatic rings. The predicted molar refractivity (Wildman–Crippen MR) is 105 cm³/mol. The summed E-state index contributed by atoms with van der Waals surface area (Å²) in [6.07, 6.45) is 5.08. The fourth-order valence-corrected chi connectivity index (χ4v) is 4.31. The maximum atomic E-state index is 12.6. The number of fused-ring (bicyclic) bond motifs is 2. The van der Waals surface area contributed by atoms with Crippen LogP contribution in [0.25, 0.3) is 11.4 Å². The quantitative estimate of drug-likeness (QED) is 0.681. The summed E-state index contributed by atoms with van der Waals surface area (Å²) in [4.78, 5) is 27.7. The molecule has 1 spiro atoms. The van der Waals surface area contributed by atoms with Gasteiger partial charge in [0.1, 0.15) is 11.9 Å². The number of aryl methyl sites for hydroxylation is 1. The fourth-order valence-electron chi connectivity index (χ4n) is 4.31. The van der Waals surface area contributed by atoms with E-state index in [4.69, 9.17) is 9.72 Å². The van der Waals surface area contributed by atoms with Crippen molar-refractivity contribution in [1.29, 1.82) is 0 Å². The molecule has 7 heteroatoms. The monoisotopic (exact) mass is 375 g/mol. The second-order valence-corrected chi connectivity index (χ2v) is 7.35. The number of ether oxygens (including phenoxy) is 1. The van der Waals surface area contributed by atoms with E-state index in [0.717, 1.165) is 12.8 Å². The number of benzene rings is 1. The van der Waals surface area contributed by atoms with Gasteiger partial charge in [-0.1, -0.05) is 24.3 Å². The van der Waals surface area contributed by atoms with Crippen LogP contribution in [0.2, 0.25) is 0 Å². The van der Waals surface area contributed by atoms with Gasteiger partial charge in [-0.2, -0.15) is 0 Å². The first kappa shape index (κ1) is 17.1. The summed E-state index contributed by atoms with van der Waals surface area (Å²) in [5.74, 6) is 0.646. The van der Waals surface area contributed by atoms with Crippen molar-refractivity contribution < 1.29 is 4.74 Å². The molecular weight excluding hydrogens is 354 g/mol. The van der Waals surface area contributed by atoms with Crippen LogP contribution in [0.5, 0.6) is 0 Å². The van der Waals surface area contributed by atoms with Crippen LogP contribution in [-0.4, -0.2) is 39.2 Å². The van der Waals surface area contributed by atoms with Crippen LogP contribution in [0.1, 0.15) is 17.5 Å². The summed E-state index contributed by atoms with van der Waals surface area (Å²) in [6.45, 7) is 1.97. The number of anilines is 1. The van der Waals surface area contributed by atoms with Gasteiger partial charge in [-0.15, -0.1) is 0 Å². The van der Waals surface area contributed by atoms with E-state index in [1.807, 2.05) is 0 Å². The van der Waals surface area contributed by atoms with Crippen LogP contribution >= 0.6 is 0 Å². The maximum absolute atomic E-state index is 12.6. The van der Waals surface area contributed by atoms with Crippen molar-refractivity contribution in [3.05, 3.63) is 70.4 Å². The summed E-state index contributed by atoms with van der Waals surface area (Å²) in [5, 5.41) is 0. The van der Waals surface area contributed by atoms with Crippen molar-refractivity contribution >= 4 is 5.95 Å². The minimum absolute atomic E-state index is 0.106. The van der Waals surface area contributed by atoms with E-state index in [1.54, 1.807) is 23.9 Å². The Hall–Kier alpha value is -3.06. The van der Waals surface area contributed by atoms with Gasteiger partial charge in [0.15, 0.2) is 0 Å². The summed E-state index contributed by atoms with van der Waals surface area (Å²) < 4.78 is 7.91. The molecule has 1 fully saturated rings. The van der Waals surface area contributed by atoms with Gasteiger partial charge in [-0.05, 0) is 30.0 Å². The lowest BCUT2D eigenvalue weighted by Gasteiger charge is -2.42. The van der Waals surface area contributed by atoms with Crippen LogP contribution < -0.4 is 10.5 Å². The SMILES string of the molecule is Cn1c(N2CCOC3(CCc4ccccc43)C2)nc(-c2ccncn2)cc1=O. The van der Waals surface area contributed by atoms with E-state index in [2.05, 4.69) is 39.1 Å². The number of rotatable bonds is 2. The van der Waals surface area contributed by atoms with Gasteiger partial charge in [-0.3, -0.25) is 9.36 Å². The Labute approximate surface area is 162 Å². The van der Waals surface area contributed by atoms with Gasteiger partial charge in [0.05, 0.1) is 24.5 Å². The molecule has 1 aliphatic heterocycles. The summed E-state index contributed by atoms with van der Waals surface area (Å²) in [6, 6.07) is 11.8. The van der Waals surface area contributed by atoms with Crippen LogP contribution in [-0.2, 0) is 23.8 Å². The van der Waals surface area contributed by atoms with Crippen molar-refractivity contribution in [3.63, 3.8) is 0 Å². The molecule has 1 aromatic carbocycles. The average Bonchev–Trinajstić information content (AvgIpc) is 3.08. The number of morpholine rings is 1. The number of aromatic nitrogens is 4. The van der Waals surface area contributed by atoms with Crippen LogP contribution in [0.4, 0.5) is 5.95 Å². The van der Waals surface area contributed by atoms with Crippen molar-refractivity contribution in [2.24, 2.45) is 7.05 Å². The van der Waals surface area contributed by atoms with Gasteiger partial charge < -0.3 is 9.64 Å². The predicted octanol–water partition coefficient (Wildman–Crippen LogP) is 1.92. The summed E-state index contributed by atoms with van der Waals surface area (Å²) >= 11 is 0. The Morgan fingerprint density at radius 2 is 2.07 bits per heavy atom. The Morgan fingerprint density at radius 3 is 2.93 bits per heavy atom. The molecular formula is C21H21N5O2. The van der Waals surface area contributed by atoms with Gasteiger partial charge >= 0.3 is 0 Å². The Balaban J connectivity index is 1.55. The first-order chi connectivity index (χ1) is 13.7. The highest BCUT2D eigenvalue weighted by Gasteiger charge is 2.44. The molecule has 7 nitrogen and oxygen atoms in total. The first-order valence-corrected chi connectivity index (χ1v) is 9.48. The average molecular weight is 375 g/mol. The van der Waals surface area contributed by atoms with E-state index in [-0.39, 0.29) is 11.2 Å². The highest BCUT2D eigenvalue weighted by Crippen LogP contribution is 2.42. The molecule has 1 unspecified atom stereocenters. The van der Waals surface area contributed by atoms with E-state index in [0.29, 0.717) is 37.0 Å². The molecule has 142 valence electrons. The number of hydrogen-bond donors (Lipinski definition) is 0. The molecule has 2 aromatic heterocycles. The lowest BCUT2D eigenvalue weighted by atomic mass is 9.94. The molecule has 1 saturated heterocycles. The molecule has 0 bridgehead atoms. The minimum atomic E-state index is -0.336. The molecule has 28 heavy (non-hydrogen) atoms. The molecule has 1 atom stereocenters. The zero-order valence-electron chi connectivity index (χ0n) is 15.7. The van der Waals surface area contributed by atoms with E-state index in [1.165, 1.54) is 23.5 Å². The highest BCUT2D eigenvalue weighted by molar-refractivity contribution is 5.55. The first-order valence-electron chi connectivity index (χ1n) is 9.48. The van der Waals surface area contributed by atoms with Crippen LogP contribution in [0, 0.1) is 0 Å². The molecule has 3 heterocycles. The molecule has 0 amide bonds. The Morgan fingerprint density at radius 1 is 1.18 bits per heavy atom. The molecule has 0 saturated carbocycles. The maximum Gasteiger partial charge on any atom is 0.255 e. The van der Waals surface area contributed by atoms with Crippen LogP contribution in [0.15, 0.2) is 53.7 Å². The fraction of sp³-hybridized carbons (Fsp3) is 0.333. The molecule has 0 N–H and O–H groups in total. The third-order valence-electron chi connectivity index (χ3n) is 5.73. The Kier molecular flexibility index (Phi) is 3.98. The topological polar surface area (TPSA) is 73.1 Å². The second kappa shape index (κ2) is 6.53. The van der Waals surface area contributed by atoms with E-state index < -0.39 is 0 Å². The zero-order valence-corrected chi connectivity index (χ0v) is 15.7. The van der Waals surface area contributed by atoms with Gasteiger partial charge in [0, 0.05) is 25.9 Å². The highest BCUT2D eigenvalue weighted by atomic mass is 16.5. The molecule has 1 aliphatic carbocycles. The summed E-state index contributed by atoms with van der Waals surface area (Å²) in [7, 11) is 1.76. The smallest absolute Gasteiger partial charge is 0.255 e. The van der Waals surface area contributed by atoms with E-state index >= 15 is 0 Å². The Bertz CT molecular complexity index is 1080. The third-order valence-corrected chi connectivity index (χ3v) is 5.73. The standard InChI is InChI=1S/C21H21N5O2/c1-25-19(27)12-18(17-7-9-22-14-23-17)24-20(25)26-10-11-28-21(13-26)8-6-15-4-2-3-5-16(15)21/h2-5,7,9,12,14H,6,8,10-11,13H2,1H3. The zero-order chi connectivity index (χ0) is 19.1. The van der Waals surface area contributed by atoms with Crippen molar-refractivity contribution in [1.82, 2.24) is 19.5 Å². The molecule has 0 radical (unpaired) electrons. The van der Waals surface area contributed by atoms with Gasteiger partial charge in [0.2, 0.25) is 5.95 Å². The molecule has 5 rings (SSSR count). The van der Waals surface area contributed by atoms with Gasteiger partial charge in [-0.25, -0.2) is 15.0 Å². The summed E-state index contributed by atoms with van der Waals surface area (Å²) in [5.41, 5.74) is 3.37. The molecule has 2 aliphatic rings. The largest absolute Gasteiger partial charge is 0.367 e. The van der Waals surface area contributed by atoms with Crippen molar-refractivity contribution in [2.75, 3.05) is 24.6 Å². The van der Waals surface area contributed by atoms with Gasteiger partial charge in [0.25, 0.3) is 5.56 Å². The van der Waals surface area contributed by atoms with Crippen molar-refractivity contribution in [3.8, 4) is 11.4 Å². The third kappa shape index (κ3) is 2.70. The number of nitrogens with zero attached hydrogens (tertiary/aromatic N) is 5. The van der Waals surface area contributed by atoms with Crippen LogP contribution in [0.3, 0.4) is 0 Å². The lowest BCUT2D eigenvalue weighted by Crippen LogP contribution is -2.50. The second-order valence-electron chi connectivity index (χ2n) is 7.35.